The molecule has 0 radical (unpaired) electrons. The molecule has 1 saturated heterocycles. The van der Waals surface area contributed by atoms with Crippen LogP contribution in [0.25, 0.3) is 11.1 Å². The summed E-state index contributed by atoms with van der Waals surface area (Å²) in [6.45, 7) is 4.82. The summed E-state index contributed by atoms with van der Waals surface area (Å²) in [6.07, 6.45) is -2.58. The van der Waals surface area contributed by atoms with Crippen molar-refractivity contribution in [3.05, 3.63) is 47.8 Å². The minimum atomic E-state index is -4.85. The van der Waals surface area contributed by atoms with Crippen LogP contribution in [0.3, 0.4) is 0 Å². The van der Waals surface area contributed by atoms with E-state index in [9.17, 15) is 17.6 Å². The zero-order valence-corrected chi connectivity index (χ0v) is 16.4. The molecule has 29 heavy (non-hydrogen) atoms. The highest BCUT2D eigenvalue weighted by atomic mass is 19.4. The normalized spacial score (nSPS) is 19.8. The third kappa shape index (κ3) is 5.21. The van der Waals surface area contributed by atoms with Gasteiger partial charge in [-0.15, -0.1) is 0 Å². The molecule has 158 valence electrons. The smallest absolute Gasteiger partial charge is 0.419 e. The molecule has 0 aliphatic carbocycles. The van der Waals surface area contributed by atoms with E-state index in [0.717, 1.165) is 12.8 Å². The van der Waals surface area contributed by atoms with Crippen molar-refractivity contribution in [3.63, 3.8) is 0 Å². The van der Waals surface area contributed by atoms with E-state index in [2.05, 4.69) is 0 Å². The molecule has 1 aliphatic heterocycles. The fraction of sp³-hybridized carbons (Fsp3) is 0.455. The highest BCUT2D eigenvalue weighted by Gasteiger charge is 2.38. The zero-order chi connectivity index (χ0) is 21.0. The Kier molecular flexibility index (Phi) is 6.67. The predicted octanol–water partition coefficient (Wildman–Crippen LogP) is 6.10. The van der Waals surface area contributed by atoms with Gasteiger partial charge in [0, 0.05) is 5.92 Å². The van der Waals surface area contributed by atoms with Gasteiger partial charge in [-0.25, -0.2) is 4.39 Å². The summed E-state index contributed by atoms with van der Waals surface area (Å²) in [5, 5.41) is 0. The van der Waals surface area contributed by atoms with Crippen molar-refractivity contribution in [1.82, 2.24) is 0 Å². The maximum Gasteiger partial charge on any atom is 0.419 e. The molecule has 2 aromatic rings. The number of halogens is 4. The molecule has 3 rings (SSSR count). The van der Waals surface area contributed by atoms with Gasteiger partial charge >= 0.3 is 6.18 Å². The fourth-order valence-corrected chi connectivity index (χ4v) is 3.36. The van der Waals surface area contributed by atoms with E-state index in [1.165, 1.54) is 24.3 Å². The van der Waals surface area contributed by atoms with Gasteiger partial charge in [0.15, 0.2) is 11.6 Å². The lowest BCUT2D eigenvalue weighted by Gasteiger charge is -2.26. The molecule has 0 amide bonds. The second-order valence-electron chi connectivity index (χ2n) is 7.15. The number of benzene rings is 2. The second-order valence-corrected chi connectivity index (χ2v) is 7.15. The Labute approximate surface area is 167 Å². The minimum absolute atomic E-state index is 0.0740. The van der Waals surface area contributed by atoms with Crippen LogP contribution in [-0.2, 0) is 10.9 Å². The fourth-order valence-electron chi connectivity index (χ4n) is 3.36. The van der Waals surface area contributed by atoms with Crippen molar-refractivity contribution in [2.24, 2.45) is 5.92 Å². The highest BCUT2D eigenvalue weighted by Crippen LogP contribution is 2.42. The number of ether oxygens (including phenoxy) is 3. The summed E-state index contributed by atoms with van der Waals surface area (Å²) >= 11 is 0. The summed E-state index contributed by atoms with van der Waals surface area (Å²) in [5.41, 5.74) is -1.31. The molecule has 1 heterocycles. The molecule has 1 aliphatic rings. The maximum atomic E-state index is 14.5. The summed E-state index contributed by atoms with van der Waals surface area (Å²) in [7, 11) is 0. The summed E-state index contributed by atoms with van der Waals surface area (Å²) < 4.78 is 71.3. The van der Waals surface area contributed by atoms with Crippen LogP contribution in [0.15, 0.2) is 36.4 Å². The average molecular weight is 412 g/mol. The Morgan fingerprint density at radius 3 is 2.34 bits per heavy atom. The lowest BCUT2D eigenvalue weighted by Crippen LogP contribution is -2.27. The molecule has 3 nitrogen and oxygen atoms in total. The van der Waals surface area contributed by atoms with E-state index in [1.807, 2.05) is 6.92 Å². The quantitative estimate of drug-likeness (QED) is 0.536. The molecule has 0 N–H and O–H groups in total. The minimum Gasteiger partial charge on any atom is -0.493 e. The Hall–Kier alpha value is -2.28. The number of hydrogen-bond donors (Lipinski definition) is 0. The van der Waals surface area contributed by atoms with Crippen LogP contribution in [0.2, 0.25) is 0 Å². The van der Waals surface area contributed by atoms with Gasteiger partial charge in [0.1, 0.15) is 11.3 Å². The molecule has 0 bridgehead atoms. The molecule has 2 unspecified atom stereocenters. The Balaban J connectivity index is 1.78. The van der Waals surface area contributed by atoms with Gasteiger partial charge < -0.3 is 14.2 Å². The first kappa shape index (κ1) is 21.4. The number of alkyl halides is 3. The third-order valence-electron chi connectivity index (χ3n) is 4.94. The standard InChI is InChI=1S/C22H24F4O3/c1-3-27-19-11-10-18(20(21(19)23)22(24,25)26)16-6-8-17(9-7-16)29-13-15-5-4-14(2)28-12-15/h6-11,14-15H,3-5,12-13H2,1-2H3. The van der Waals surface area contributed by atoms with E-state index >= 15 is 0 Å². The predicted molar refractivity (Wildman–Crippen MR) is 102 cm³/mol. The molecule has 7 heteroatoms. The molecular weight excluding hydrogens is 388 g/mol. The van der Waals surface area contributed by atoms with Crippen LogP contribution < -0.4 is 9.47 Å². The summed E-state index contributed by atoms with van der Waals surface area (Å²) in [4.78, 5) is 0. The van der Waals surface area contributed by atoms with Crippen molar-refractivity contribution < 1.29 is 31.8 Å². The van der Waals surface area contributed by atoms with Crippen LogP contribution in [0.4, 0.5) is 17.6 Å². The van der Waals surface area contributed by atoms with Gasteiger partial charge in [0.2, 0.25) is 0 Å². The highest BCUT2D eigenvalue weighted by molar-refractivity contribution is 5.70. The molecule has 0 saturated carbocycles. The lowest BCUT2D eigenvalue weighted by molar-refractivity contribution is -0.139. The van der Waals surface area contributed by atoms with Crippen molar-refractivity contribution in [2.75, 3.05) is 19.8 Å². The van der Waals surface area contributed by atoms with Crippen molar-refractivity contribution in [3.8, 4) is 22.6 Å². The molecule has 1 fully saturated rings. The van der Waals surface area contributed by atoms with Gasteiger partial charge in [-0.3, -0.25) is 0 Å². The van der Waals surface area contributed by atoms with Gasteiger partial charge in [-0.2, -0.15) is 13.2 Å². The SMILES string of the molecule is CCOc1ccc(-c2ccc(OCC3CCC(C)OC3)cc2)c(C(F)(F)F)c1F. The molecule has 2 aromatic carbocycles. The van der Waals surface area contributed by atoms with Gasteiger partial charge in [0.05, 0.1) is 25.9 Å². The van der Waals surface area contributed by atoms with Gasteiger partial charge in [-0.05, 0) is 62.1 Å². The van der Waals surface area contributed by atoms with E-state index in [-0.39, 0.29) is 23.8 Å². The Morgan fingerprint density at radius 1 is 1.03 bits per heavy atom. The number of rotatable bonds is 6. The van der Waals surface area contributed by atoms with E-state index < -0.39 is 23.3 Å². The van der Waals surface area contributed by atoms with Gasteiger partial charge in [-0.1, -0.05) is 12.1 Å². The maximum absolute atomic E-state index is 14.5. The summed E-state index contributed by atoms with van der Waals surface area (Å²) in [5.74, 6) is -0.966. The third-order valence-corrected chi connectivity index (χ3v) is 4.94. The topological polar surface area (TPSA) is 27.7 Å². The van der Waals surface area contributed by atoms with E-state index in [4.69, 9.17) is 14.2 Å². The van der Waals surface area contributed by atoms with Crippen molar-refractivity contribution in [2.45, 2.75) is 39.0 Å². The van der Waals surface area contributed by atoms with E-state index in [1.54, 1.807) is 19.1 Å². The van der Waals surface area contributed by atoms with Crippen molar-refractivity contribution >= 4 is 0 Å². The Morgan fingerprint density at radius 2 is 1.76 bits per heavy atom. The molecule has 0 aromatic heterocycles. The average Bonchev–Trinajstić information content (AvgIpc) is 2.68. The van der Waals surface area contributed by atoms with Crippen LogP contribution in [0.1, 0.15) is 32.3 Å². The van der Waals surface area contributed by atoms with Crippen LogP contribution in [0.5, 0.6) is 11.5 Å². The van der Waals surface area contributed by atoms with Crippen LogP contribution in [-0.4, -0.2) is 25.9 Å². The van der Waals surface area contributed by atoms with Crippen LogP contribution >= 0.6 is 0 Å². The van der Waals surface area contributed by atoms with Crippen molar-refractivity contribution in [1.29, 1.82) is 0 Å². The van der Waals surface area contributed by atoms with Gasteiger partial charge in [0.25, 0.3) is 0 Å². The number of hydrogen-bond acceptors (Lipinski definition) is 3. The largest absolute Gasteiger partial charge is 0.493 e. The molecule has 2 atom stereocenters. The first-order valence-corrected chi connectivity index (χ1v) is 9.67. The Bertz CT molecular complexity index is 810. The zero-order valence-electron chi connectivity index (χ0n) is 16.4. The van der Waals surface area contributed by atoms with E-state index in [0.29, 0.717) is 24.9 Å². The monoisotopic (exact) mass is 412 g/mol. The first-order valence-electron chi connectivity index (χ1n) is 9.67. The second kappa shape index (κ2) is 9.03. The molecule has 0 spiro atoms. The first-order chi connectivity index (χ1) is 13.8. The summed E-state index contributed by atoms with van der Waals surface area (Å²) in [6, 6.07) is 8.63. The lowest BCUT2D eigenvalue weighted by atomic mass is 9.98. The molecular formula is C22H24F4O3. The van der Waals surface area contributed by atoms with Crippen LogP contribution in [0, 0.1) is 11.7 Å².